The molecular weight excluding hydrogens is 272 g/mol. The highest BCUT2D eigenvalue weighted by molar-refractivity contribution is 5.89. The number of nitrogens with one attached hydrogen (secondary N) is 2. The summed E-state index contributed by atoms with van der Waals surface area (Å²) in [6, 6.07) is 6.84. The van der Waals surface area contributed by atoms with Crippen LogP contribution in [0.2, 0.25) is 0 Å². The minimum Gasteiger partial charge on any atom is -0.393 e. The smallest absolute Gasteiger partial charge is 0.319 e. The second kappa shape index (κ2) is 6.85. The Morgan fingerprint density at radius 3 is 2.95 bits per heavy atom. The molecule has 7 nitrogen and oxygen atoms in total. The van der Waals surface area contributed by atoms with Crippen molar-refractivity contribution in [2.75, 3.05) is 11.9 Å². The highest BCUT2D eigenvalue weighted by atomic mass is 16.5. The van der Waals surface area contributed by atoms with E-state index in [4.69, 9.17) is 9.63 Å². The van der Waals surface area contributed by atoms with Gasteiger partial charge in [-0.05, 0) is 25.5 Å². The summed E-state index contributed by atoms with van der Waals surface area (Å²) in [6.45, 7) is 3.80. The first-order valence-corrected chi connectivity index (χ1v) is 6.68. The topological polar surface area (TPSA) is 100 Å². The number of nitrogens with zero attached hydrogens (tertiary/aromatic N) is 2. The zero-order chi connectivity index (χ0) is 15.2. The number of urea groups is 1. The van der Waals surface area contributed by atoms with E-state index in [-0.39, 0.29) is 6.03 Å². The summed E-state index contributed by atoms with van der Waals surface area (Å²) in [7, 11) is 0. The second-order valence-corrected chi connectivity index (χ2v) is 4.74. The third-order valence-corrected chi connectivity index (χ3v) is 2.75. The van der Waals surface area contributed by atoms with Crippen molar-refractivity contribution >= 4 is 11.7 Å². The van der Waals surface area contributed by atoms with E-state index in [1.54, 1.807) is 32.0 Å². The minimum atomic E-state index is -0.435. The van der Waals surface area contributed by atoms with Crippen molar-refractivity contribution in [2.45, 2.75) is 26.4 Å². The van der Waals surface area contributed by atoms with Gasteiger partial charge in [-0.3, -0.25) is 0 Å². The Morgan fingerprint density at radius 2 is 2.29 bits per heavy atom. The quantitative estimate of drug-likeness (QED) is 0.781. The molecule has 0 saturated carbocycles. The van der Waals surface area contributed by atoms with Crippen LogP contribution >= 0.6 is 0 Å². The van der Waals surface area contributed by atoms with Crippen LogP contribution in [0.1, 0.15) is 19.2 Å². The van der Waals surface area contributed by atoms with Gasteiger partial charge in [-0.15, -0.1) is 0 Å². The number of rotatable bonds is 5. The maximum Gasteiger partial charge on any atom is 0.319 e. The van der Waals surface area contributed by atoms with Crippen LogP contribution < -0.4 is 10.6 Å². The summed E-state index contributed by atoms with van der Waals surface area (Å²) in [5.41, 5.74) is 1.39. The van der Waals surface area contributed by atoms with Gasteiger partial charge in [0.2, 0.25) is 11.7 Å². The molecule has 2 aromatic rings. The lowest BCUT2D eigenvalue weighted by molar-refractivity contribution is 0.184. The number of anilines is 1. The Hall–Kier alpha value is -2.41. The molecule has 0 aliphatic heterocycles. The third kappa shape index (κ3) is 4.57. The van der Waals surface area contributed by atoms with Gasteiger partial charge in [0, 0.05) is 24.7 Å². The number of aryl methyl sites for hydroxylation is 1. The van der Waals surface area contributed by atoms with Crippen LogP contribution in [0.15, 0.2) is 28.8 Å². The van der Waals surface area contributed by atoms with Gasteiger partial charge < -0.3 is 20.3 Å². The average molecular weight is 290 g/mol. The molecule has 0 aliphatic rings. The van der Waals surface area contributed by atoms with Crippen LogP contribution in [0.5, 0.6) is 0 Å². The predicted molar refractivity (Wildman–Crippen MR) is 77.8 cm³/mol. The van der Waals surface area contributed by atoms with Crippen LogP contribution in [0.3, 0.4) is 0 Å². The molecule has 112 valence electrons. The van der Waals surface area contributed by atoms with E-state index >= 15 is 0 Å². The second-order valence-electron chi connectivity index (χ2n) is 4.74. The molecule has 21 heavy (non-hydrogen) atoms. The summed E-state index contributed by atoms with van der Waals surface area (Å²) in [5.74, 6) is 0.963. The number of aliphatic hydroxyl groups is 1. The monoisotopic (exact) mass is 290 g/mol. The van der Waals surface area contributed by atoms with Crippen LogP contribution in [0.4, 0.5) is 10.5 Å². The number of aliphatic hydroxyl groups excluding tert-OH is 1. The first-order valence-electron chi connectivity index (χ1n) is 6.68. The molecule has 0 aliphatic carbocycles. The maximum atomic E-state index is 11.7. The molecule has 1 heterocycles. The molecule has 0 radical (unpaired) electrons. The first kappa shape index (κ1) is 15.0. The number of hydrogen-bond acceptors (Lipinski definition) is 5. The van der Waals surface area contributed by atoms with Crippen molar-refractivity contribution in [3.8, 4) is 11.4 Å². The fourth-order valence-electron chi connectivity index (χ4n) is 1.72. The van der Waals surface area contributed by atoms with Gasteiger partial charge in [0.1, 0.15) is 0 Å². The average Bonchev–Trinajstić information content (AvgIpc) is 2.85. The van der Waals surface area contributed by atoms with Crippen molar-refractivity contribution in [3.05, 3.63) is 30.2 Å². The fraction of sp³-hybridized carbons (Fsp3) is 0.357. The van der Waals surface area contributed by atoms with Crippen molar-refractivity contribution in [2.24, 2.45) is 0 Å². The number of carbonyl (C=O) groups is 1. The van der Waals surface area contributed by atoms with Gasteiger partial charge in [-0.1, -0.05) is 17.3 Å². The Balaban J connectivity index is 1.96. The van der Waals surface area contributed by atoms with Crippen LogP contribution in [0.25, 0.3) is 11.4 Å². The number of carbonyl (C=O) groups excluding carboxylic acids is 1. The van der Waals surface area contributed by atoms with E-state index in [9.17, 15) is 4.79 Å². The van der Waals surface area contributed by atoms with Crippen molar-refractivity contribution in [3.63, 3.8) is 0 Å². The molecular formula is C14H18N4O3. The molecule has 2 amide bonds. The van der Waals surface area contributed by atoms with Crippen molar-refractivity contribution < 1.29 is 14.4 Å². The van der Waals surface area contributed by atoms with Crippen molar-refractivity contribution in [1.82, 2.24) is 15.5 Å². The molecule has 0 bridgehead atoms. The minimum absolute atomic E-state index is 0.322. The van der Waals surface area contributed by atoms with E-state index in [1.807, 2.05) is 6.07 Å². The summed E-state index contributed by atoms with van der Waals surface area (Å²) < 4.78 is 4.93. The van der Waals surface area contributed by atoms with Crippen LogP contribution in [0, 0.1) is 6.92 Å². The molecule has 0 saturated heterocycles. The van der Waals surface area contributed by atoms with E-state index < -0.39 is 6.10 Å². The molecule has 3 N–H and O–H groups in total. The molecule has 7 heteroatoms. The van der Waals surface area contributed by atoms with E-state index in [1.165, 1.54) is 0 Å². The SMILES string of the molecule is Cc1nc(-c2cccc(NC(=O)NCCC(C)O)c2)no1. The Morgan fingerprint density at radius 1 is 1.48 bits per heavy atom. The largest absolute Gasteiger partial charge is 0.393 e. The van der Waals surface area contributed by atoms with Crippen LogP contribution in [-0.2, 0) is 0 Å². The van der Waals surface area contributed by atoms with Gasteiger partial charge in [-0.2, -0.15) is 4.98 Å². The summed E-state index contributed by atoms with van der Waals surface area (Å²) in [4.78, 5) is 15.8. The number of benzene rings is 1. The van der Waals surface area contributed by atoms with Crippen molar-refractivity contribution in [1.29, 1.82) is 0 Å². The summed E-state index contributed by atoms with van der Waals surface area (Å²) in [6.07, 6.45) is 0.0744. The van der Waals surface area contributed by atoms with Gasteiger partial charge in [-0.25, -0.2) is 4.79 Å². The summed E-state index contributed by atoms with van der Waals surface area (Å²) in [5, 5.41) is 18.3. The Kier molecular flexibility index (Phi) is 4.89. The highest BCUT2D eigenvalue weighted by Gasteiger charge is 2.08. The third-order valence-electron chi connectivity index (χ3n) is 2.75. The standard InChI is InChI=1S/C14H18N4O3/c1-9(19)6-7-15-14(20)17-12-5-3-4-11(8-12)13-16-10(2)21-18-13/h3-5,8-9,19H,6-7H2,1-2H3,(H2,15,17,20). The van der Waals surface area contributed by atoms with E-state index in [2.05, 4.69) is 20.8 Å². The normalized spacial score (nSPS) is 12.0. The Bertz CT molecular complexity index is 610. The van der Waals surface area contributed by atoms with Gasteiger partial charge in [0.15, 0.2) is 0 Å². The lowest BCUT2D eigenvalue weighted by Gasteiger charge is -2.09. The lowest BCUT2D eigenvalue weighted by Crippen LogP contribution is -2.30. The number of aromatic nitrogens is 2. The molecule has 1 unspecified atom stereocenters. The molecule has 1 aromatic carbocycles. The molecule has 0 spiro atoms. The fourth-order valence-corrected chi connectivity index (χ4v) is 1.72. The van der Waals surface area contributed by atoms with E-state index in [0.717, 1.165) is 5.56 Å². The highest BCUT2D eigenvalue weighted by Crippen LogP contribution is 2.19. The summed E-state index contributed by atoms with van der Waals surface area (Å²) >= 11 is 0. The molecule has 2 rings (SSSR count). The van der Waals surface area contributed by atoms with Gasteiger partial charge in [0.05, 0.1) is 6.10 Å². The Labute approximate surface area is 122 Å². The molecule has 1 atom stereocenters. The van der Waals surface area contributed by atoms with Gasteiger partial charge in [0.25, 0.3) is 0 Å². The predicted octanol–water partition coefficient (Wildman–Crippen LogP) is 1.94. The lowest BCUT2D eigenvalue weighted by atomic mass is 10.2. The zero-order valence-electron chi connectivity index (χ0n) is 12.0. The maximum absolute atomic E-state index is 11.7. The number of hydrogen-bond donors (Lipinski definition) is 3. The number of amides is 2. The molecule has 0 fully saturated rings. The van der Waals surface area contributed by atoms with Crippen LogP contribution in [-0.4, -0.2) is 33.9 Å². The van der Waals surface area contributed by atoms with Gasteiger partial charge >= 0.3 is 6.03 Å². The first-order chi connectivity index (χ1) is 10.0. The van der Waals surface area contributed by atoms with E-state index in [0.29, 0.717) is 30.4 Å². The zero-order valence-corrected chi connectivity index (χ0v) is 12.0. The molecule has 1 aromatic heterocycles.